The fourth-order valence-electron chi connectivity index (χ4n) is 1.87. The van der Waals surface area contributed by atoms with E-state index in [0.717, 1.165) is 11.1 Å². The molecule has 3 N–H and O–H groups in total. The molecule has 0 fully saturated rings. The summed E-state index contributed by atoms with van der Waals surface area (Å²) < 4.78 is 0. The van der Waals surface area contributed by atoms with Gasteiger partial charge >= 0.3 is 0 Å². The van der Waals surface area contributed by atoms with Gasteiger partial charge in [0.25, 0.3) is 0 Å². The number of hydrogen-bond acceptors (Lipinski definition) is 3. The van der Waals surface area contributed by atoms with Gasteiger partial charge in [-0.25, -0.2) is 0 Å². The third-order valence-electron chi connectivity index (χ3n) is 2.99. The van der Waals surface area contributed by atoms with Gasteiger partial charge in [0.15, 0.2) is 5.11 Å². The van der Waals surface area contributed by atoms with E-state index in [9.17, 15) is 9.59 Å². The highest BCUT2D eigenvalue weighted by atomic mass is 32.1. The van der Waals surface area contributed by atoms with Gasteiger partial charge in [0, 0.05) is 6.08 Å². The van der Waals surface area contributed by atoms with Crippen molar-refractivity contribution in [1.82, 2.24) is 16.2 Å². The van der Waals surface area contributed by atoms with E-state index in [1.54, 1.807) is 6.08 Å². The molecule has 0 radical (unpaired) electrons. The first-order chi connectivity index (χ1) is 11.6. The largest absolute Gasteiger partial charge is 0.298 e. The van der Waals surface area contributed by atoms with Crippen LogP contribution in [-0.2, 0) is 16.0 Å². The first-order valence-electron chi connectivity index (χ1n) is 7.30. The lowest BCUT2D eigenvalue weighted by molar-refractivity contribution is -0.121. The quantitative estimate of drug-likeness (QED) is 0.452. The molecule has 122 valence electrons. The molecule has 2 amide bonds. The monoisotopic (exact) mass is 339 g/mol. The molecule has 0 unspecified atom stereocenters. The highest BCUT2D eigenvalue weighted by Crippen LogP contribution is 2.00. The van der Waals surface area contributed by atoms with Crippen LogP contribution in [0, 0.1) is 0 Å². The van der Waals surface area contributed by atoms with E-state index in [4.69, 9.17) is 12.2 Å². The number of nitrogens with one attached hydrogen (secondary N) is 3. The van der Waals surface area contributed by atoms with Crippen molar-refractivity contribution < 1.29 is 9.59 Å². The lowest BCUT2D eigenvalue weighted by atomic mass is 10.1. The van der Waals surface area contributed by atoms with E-state index in [1.807, 2.05) is 60.7 Å². The molecule has 0 aromatic heterocycles. The lowest BCUT2D eigenvalue weighted by Gasteiger charge is -2.09. The van der Waals surface area contributed by atoms with Crippen molar-refractivity contribution in [2.75, 3.05) is 0 Å². The van der Waals surface area contributed by atoms with Gasteiger partial charge in [0.05, 0.1) is 6.42 Å². The second-order valence-electron chi connectivity index (χ2n) is 4.90. The molecule has 0 heterocycles. The zero-order valence-electron chi connectivity index (χ0n) is 12.9. The van der Waals surface area contributed by atoms with Crippen LogP contribution in [-0.4, -0.2) is 16.9 Å². The summed E-state index contributed by atoms with van der Waals surface area (Å²) in [5.74, 6) is -0.633. The van der Waals surface area contributed by atoms with Crippen LogP contribution in [0.1, 0.15) is 11.1 Å². The summed E-state index contributed by atoms with van der Waals surface area (Å²) in [4.78, 5) is 23.5. The number of rotatable bonds is 4. The average molecular weight is 339 g/mol. The Hall–Kier alpha value is -2.99. The van der Waals surface area contributed by atoms with E-state index >= 15 is 0 Å². The molecule has 2 aromatic carbocycles. The van der Waals surface area contributed by atoms with Gasteiger partial charge in [0.2, 0.25) is 11.8 Å². The second kappa shape index (κ2) is 9.22. The summed E-state index contributed by atoms with van der Waals surface area (Å²) in [6, 6.07) is 18.7. The van der Waals surface area contributed by atoms with Gasteiger partial charge in [-0.05, 0) is 29.4 Å². The van der Waals surface area contributed by atoms with Crippen LogP contribution in [0.2, 0.25) is 0 Å². The Morgan fingerprint density at radius 3 is 2.21 bits per heavy atom. The van der Waals surface area contributed by atoms with E-state index in [1.165, 1.54) is 6.08 Å². The third-order valence-corrected chi connectivity index (χ3v) is 3.19. The SMILES string of the molecule is O=C(/C=C/c1ccccc1)NC(=S)NNC(=O)Cc1ccccc1. The number of hydrogen-bond donors (Lipinski definition) is 3. The van der Waals surface area contributed by atoms with Crippen LogP contribution >= 0.6 is 12.2 Å². The summed E-state index contributed by atoms with van der Waals surface area (Å²) in [6.07, 6.45) is 3.26. The molecule has 0 aliphatic rings. The molecule has 24 heavy (non-hydrogen) atoms. The predicted octanol–water partition coefficient (Wildman–Crippen LogP) is 1.96. The normalized spacial score (nSPS) is 10.2. The summed E-state index contributed by atoms with van der Waals surface area (Å²) in [5, 5.41) is 2.48. The van der Waals surface area contributed by atoms with Crippen LogP contribution in [0.15, 0.2) is 66.7 Å². The zero-order chi connectivity index (χ0) is 17.2. The first kappa shape index (κ1) is 17.4. The molecule has 0 saturated heterocycles. The molecule has 0 spiro atoms. The number of hydrazine groups is 1. The van der Waals surface area contributed by atoms with E-state index < -0.39 is 0 Å². The molecular formula is C18H17N3O2S. The highest BCUT2D eigenvalue weighted by Gasteiger charge is 2.04. The minimum Gasteiger partial charge on any atom is -0.298 e. The Morgan fingerprint density at radius 2 is 1.54 bits per heavy atom. The number of thiocarbonyl (C=S) groups is 1. The molecule has 2 rings (SSSR count). The maximum Gasteiger partial charge on any atom is 0.250 e. The molecule has 5 nitrogen and oxygen atoms in total. The van der Waals surface area contributed by atoms with Crippen LogP contribution in [0.25, 0.3) is 6.08 Å². The van der Waals surface area contributed by atoms with E-state index in [2.05, 4.69) is 16.2 Å². The van der Waals surface area contributed by atoms with Crippen molar-refractivity contribution in [2.45, 2.75) is 6.42 Å². The van der Waals surface area contributed by atoms with Crippen molar-refractivity contribution in [2.24, 2.45) is 0 Å². The van der Waals surface area contributed by atoms with Crippen molar-refractivity contribution in [1.29, 1.82) is 0 Å². The summed E-state index contributed by atoms with van der Waals surface area (Å²) in [5.41, 5.74) is 6.73. The molecule has 0 atom stereocenters. The fourth-order valence-corrected chi connectivity index (χ4v) is 2.02. The minimum absolute atomic E-state index is 0.0270. The Morgan fingerprint density at radius 1 is 0.917 bits per heavy atom. The van der Waals surface area contributed by atoms with E-state index in [-0.39, 0.29) is 23.3 Å². The fraction of sp³-hybridized carbons (Fsp3) is 0.0556. The first-order valence-corrected chi connectivity index (χ1v) is 7.71. The molecule has 0 saturated carbocycles. The molecule has 0 aliphatic heterocycles. The van der Waals surface area contributed by atoms with Crippen molar-refractivity contribution in [3.8, 4) is 0 Å². The molecule has 0 aliphatic carbocycles. The van der Waals surface area contributed by atoms with Crippen LogP contribution in [0.3, 0.4) is 0 Å². The molecule has 6 heteroatoms. The van der Waals surface area contributed by atoms with Crippen molar-refractivity contribution in [3.63, 3.8) is 0 Å². The number of benzene rings is 2. The average Bonchev–Trinajstić information content (AvgIpc) is 2.60. The minimum atomic E-state index is -0.381. The lowest BCUT2D eigenvalue weighted by Crippen LogP contribution is -2.48. The van der Waals surface area contributed by atoms with Gasteiger partial charge in [-0.1, -0.05) is 60.7 Å². The smallest absolute Gasteiger partial charge is 0.250 e. The summed E-state index contributed by atoms with van der Waals surface area (Å²) in [6.45, 7) is 0. The van der Waals surface area contributed by atoms with Crippen LogP contribution in [0.4, 0.5) is 0 Å². The van der Waals surface area contributed by atoms with Crippen LogP contribution < -0.4 is 16.2 Å². The molecule has 0 bridgehead atoms. The Labute approximate surface area is 145 Å². The standard InChI is InChI=1S/C18H17N3O2S/c22-16(12-11-14-7-3-1-4-8-14)19-18(24)21-20-17(23)13-15-9-5-2-6-10-15/h1-12H,13H2,(H,20,23)(H2,19,21,22,24)/b12-11+. The van der Waals surface area contributed by atoms with Gasteiger partial charge in [-0.2, -0.15) is 0 Å². The summed E-state index contributed by atoms with van der Waals surface area (Å²) >= 11 is 4.95. The van der Waals surface area contributed by atoms with Crippen molar-refractivity contribution >= 4 is 35.2 Å². The van der Waals surface area contributed by atoms with E-state index in [0.29, 0.717) is 0 Å². The molecular weight excluding hydrogens is 322 g/mol. The van der Waals surface area contributed by atoms with Gasteiger partial charge < -0.3 is 0 Å². The van der Waals surface area contributed by atoms with Gasteiger partial charge in [-0.15, -0.1) is 0 Å². The zero-order valence-corrected chi connectivity index (χ0v) is 13.7. The maximum absolute atomic E-state index is 11.8. The third kappa shape index (κ3) is 6.41. The predicted molar refractivity (Wildman–Crippen MR) is 97.6 cm³/mol. The number of carbonyl (C=O) groups excluding carboxylic acids is 2. The van der Waals surface area contributed by atoms with Gasteiger partial charge in [0.1, 0.15) is 0 Å². The number of carbonyl (C=O) groups is 2. The number of amides is 2. The van der Waals surface area contributed by atoms with Crippen LogP contribution in [0.5, 0.6) is 0 Å². The Bertz CT molecular complexity index is 730. The topological polar surface area (TPSA) is 70.2 Å². The van der Waals surface area contributed by atoms with Gasteiger partial charge in [-0.3, -0.25) is 25.8 Å². The van der Waals surface area contributed by atoms with Crippen molar-refractivity contribution in [3.05, 3.63) is 77.9 Å². The highest BCUT2D eigenvalue weighted by molar-refractivity contribution is 7.80. The second-order valence-corrected chi connectivity index (χ2v) is 5.31. The Kier molecular flexibility index (Phi) is 6.67. The maximum atomic E-state index is 11.8. The summed E-state index contributed by atoms with van der Waals surface area (Å²) in [7, 11) is 0. The Balaban J connectivity index is 1.71. The molecule has 2 aromatic rings.